The molecule has 0 bridgehead atoms. The molecule has 0 unspecified atom stereocenters. The summed E-state index contributed by atoms with van der Waals surface area (Å²) < 4.78 is 5.45. The monoisotopic (exact) mass is 400 g/mol. The summed E-state index contributed by atoms with van der Waals surface area (Å²) in [5.74, 6) is -0.152. The highest BCUT2D eigenvalue weighted by atomic mass is 35.5. The quantitative estimate of drug-likeness (QED) is 0.689. The van der Waals surface area contributed by atoms with Gasteiger partial charge in [-0.2, -0.15) is 0 Å². The van der Waals surface area contributed by atoms with E-state index in [9.17, 15) is 9.59 Å². The Labute approximate surface area is 170 Å². The molecule has 1 aliphatic rings. The van der Waals surface area contributed by atoms with Crippen molar-refractivity contribution in [2.24, 2.45) is 0 Å². The summed E-state index contributed by atoms with van der Waals surface area (Å²) in [5.41, 5.74) is 1.63. The summed E-state index contributed by atoms with van der Waals surface area (Å²) in [5, 5.41) is 3.67. The number of carbonyl (C=O) groups is 2. The van der Waals surface area contributed by atoms with E-state index >= 15 is 0 Å². The largest absolute Gasteiger partial charge is 0.379 e. The van der Waals surface area contributed by atoms with Crippen molar-refractivity contribution in [2.75, 3.05) is 32.8 Å². The molecule has 3 rings (SSSR count). The molecule has 1 aliphatic heterocycles. The smallest absolute Gasteiger partial charge is 0.220 e. The highest BCUT2D eigenvalue weighted by Gasteiger charge is 2.24. The van der Waals surface area contributed by atoms with Gasteiger partial charge in [-0.05, 0) is 11.6 Å². The number of benzene rings is 2. The maximum Gasteiger partial charge on any atom is 0.220 e. The van der Waals surface area contributed by atoms with Crippen LogP contribution in [0.15, 0.2) is 54.6 Å². The van der Waals surface area contributed by atoms with E-state index in [1.807, 2.05) is 42.5 Å². The molecule has 0 saturated carbocycles. The predicted molar refractivity (Wildman–Crippen MR) is 110 cm³/mol. The Morgan fingerprint density at radius 1 is 1.00 bits per heavy atom. The third-order valence-electron chi connectivity index (χ3n) is 4.92. The zero-order valence-corrected chi connectivity index (χ0v) is 16.5. The summed E-state index contributed by atoms with van der Waals surface area (Å²) in [6.07, 6.45) is 0.371. The van der Waals surface area contributed by atoms with E-state index in [1.165, 1.54) is 0 Å². The second kappa shape index (κ2) is 10.4. The lowest BCUT2D eigenvalue weighted by Crippen LogP contribution is -2.44. The molecular weight excluding hydrogens is 376 g/mol. The summed E-state index contributed by atoms with van der Waals surface area (Å²) in [6, 6.07) is 16.7. The Morgan fingerprint density at radius 3 is 2.39 bits per heavy atom. The van der Waals surface area contributed by atoms with Crippen LogP contribution in [-0.2, 0) is 9.53 Å². The fourth-order valence-corrected chi connectivity index (χ4v) is 3.63. The van der Waals surface area contributed by atoms with E-state index in [0.717, 1.165) is 18.7 Å². The molecule has 148 valence electrons. The van der Waals surface area contributed by atoms with E-state index in [2.05, 4.69) is 10.2 Å². The van der Waals surface area contributed by atoms with Gasteiger partial charge in [0.1, 0.15) is 0 Å². The van der Waals surface area contributed by atoms with Crippen molar-refractivity contribution >= 4 is 23.3 Å². The molecule has 0 aliphatic carbocycles. The number of amides is 1. The van der Waals surface area contributed by atoms with Crippen molar-refractivity contribution in [3.8, 4) is 0 Å². The lowest BCUT2D eigenvalue weighted by molar-refractivity contribution is -0.121. The molecule has 6 heteroatoms. The molecule has 2 aromatic carbocycles. The summed E-state index contributed by atoms with van der Waals surface area (Å²) >= 11 is 6.41. The molecule has 5 nitrogen and oxygen atoms in total. The van der Waals surface area contributed by atoms with Crippen LogP contribution >= 0.6 is 11.6 Å². The van der Waals surface area contributed by atoms with Crippen molar-refractivity contribution in [3.05, 3.63) is 70.7 Å². The van der Waals surface area contributed by atoms with Gasteiger partial charge >= 0.3 is 0 Å². The Bertz CT molecular complexity index is 791. The van der Waals surface area contributed by atoms with Crippen molar-refractivity contribution in [1.29, 1.82) is 0 Å². The minimum absolute atomic E-state index is 0.0217. The minimum atomic E-state index is -0.130. The highest BCUT2D eigenvalue weighted by Crippen LogP contribution is 2.27. The molecule has 1 amide bonds. The van der Waals surface area contributed by atoms with Crippen LogP contribution in [0.1, 0.15) is 34.8 Å². The van der Waals surface area contributed by atoms with Crippen LogP contribution in [0, 0.1) is 0 Å². The molecule has 1 fully saturated rings. The van der Waals surface area contributed by atoms with Gasteiger partial charge in [0.15, 0.2) is 5.78 Å². The average Bonchev–Trinajstić information content (AvgIpc) is 2.74. The van der Waals surface area contributed by atoms with Crippen molar-refractivity contribution in [1.82, 2.24) is 10.2 Å². The van der Waals surface area contributed by atoms with Crippen LogP contribution in [0.2, 0.25) is 5.02 Å². The highest BCUT2D eigenvalue weighted by molar-refractivity contribution is 6.31. The number of halogens is 1. The van der Waals surface area contributed by atoms with Crippen LogP contribution in [0.4, 0.5) is 0 Å². The summed E-state index contributed by atoms with van der Waals surface area (Å²) in [7, 11) is 0. The van der Waals surface area contributed by atoms with Gasteiger partial charge in [-0.25, -0.2) is 0 Å². The molecule has 1 heterocycles. The van der Waals surface area contributed by atoms with Gasteiger partial charge in [0.2, 0.25) is 5.91 Å². The standard InChI is InChI=1S/C22H25ClN2O3/c23-19-9-5-4-8-18(19)20(25-12-14-28-15-13-25)16-24-22(27)11-10-21(26)17-6-2-1-3-7-17/h1-9,20H,10-16H2,(H,24,27)/t20-/m1/s1. The number of rotatable bonds is 8. The second-order valence-corrected chi connectivity index (χ2v) is 7.19. The Hall–Kier alpha value is -2.21. The number of ketones is 1. The first kappa shape index (κ1) is 20.5. The zero-order valence-electron chi connectivity index (χ0n) is 15.8. The molecule has 2 aromatic rings. The normalized spacial score (nSPS) is 15.8. The van der Waals surface area contributed by atoms with Crippen LogP contribution in [-0.4, -0.2) is 49.4 Å². The van der Waals surface area contributed by atoms with Crippen LogP contribution in [0.25, 0.3) is 0 Å². The molecule has 28 heavy (non-hydrogen) atoms. The van der Waals surface area contributed by atoms with E-state index in [1.54, 1.807) is 12.1 Å². The van der Waals surface area contributed by atoms with E-state index in [-0.39, 0.29) is 30.6 Å². The number of carbonyl (C=O) groups excluding carboxylic acids is 2. The molecular formula is C22H25ClN2O3. The first-order chi connectivity index (χ1) is 13.6. The van der Waals surface area contributed by atoms with Crippen molar-refractivity contribution in [2.45, 2.75) is 18.9 Å². The number of morpholine rings is 1. The van der Waals surface area contributed by atoms with Crippen LogP contribution < -0.4 is 5.32 Å². The number of nitrogens with one attached hydrogen (secondary N) is 1. The molecule has 1 atom stereocenters. The third-order valence-corrected chi connectivity index (χ3v) is 5.26. The van der Waals surface area contributed by atoms with Crippen LogP contribution in [0.5, 0.6) is 0 Å². The van der Waals surface area contributed by atoms with Crippen LogP contribution in [0.3, 0.4) is 0 Å². The van der Waals surface area contributed by atoms with Gasteiger partial charge in [0, 0.05) is 43.1 Å². The number of Topliss-reactive ketones (excluding diaryl/α,β-unsaturated/α-hetero) is 1. The fraction of sp³-hybridized carbons (Fsp3) is 0.364. The Morgan fingerprint density at radius 2 is 1.68 bits per heavy atom. The molecule has 0 radical (unpaired) electrons. The summed E-state index contributed by atoms with van der Waals surface area (Å²) in [4.78, 5) is 26.8. The first-order valence-corrected chi connectivity index (χ1v) is 9.94. The Kier molecular flexibility index (Phi) is 7.60. The van der Waals surface area contributed by atoms with Gasteiger partial charge < -0.3 is 10.1 Å². The van der Waals surface area contributed by atoms with Gasteiger partial charge in [0.25, 0.3) is 0 Å². The van der Waals surface area contributed by atoms with Gasteiger partial charge in [-0.1, -0.05) is 60.1 Å². The zero-order chi connectivity index (χ0) is 19.8. The number of hydrogen-bond acceptors (Lipinski definition) is 4. The van der Waals surface area contributed by atoms with Gasteiger partial charge in [-0.3, -0.25) is 14.5 Å². The topological polar surface area (TPSA) is 58.6 Å². The number of hydrogen-bond donors (Lipinski definition) is 1. The van der Waals surface area contributed by atoms with Crippen molar-refractivity contribution in [3.63, 3.8) is 0 Å². The summed E-state index contributed by atoms with van der Waals surface area (Å²) in [6.45, 7) is 3.36. The number of ether oxygens (including phenoxy) is 1. The molecule has 1 N–H and O–H groups in total. The predicted octanol–water partition coefficient (Wildman–Crippen LogP) is 3.49. The van der Waals surface area contributed by atoms with Crippen molar-refractivity contribution < 1.29 is 14.3 Å². The SMILES string of the molecule is O=C(CCC(=O)c1ccccc1)NC[C@H](c1ccccc1Cl)N1CCOCC1. The molecule has 1 saturated heterocycles. The molecule has 0 aromatic heterocycles. The maximum absolute atomic E-state index is 12.3. The van der Waals surface area contributed by atoms with E-state index in [4.69, 9.17) is 16.3 Å². The maximum atomic E-state index is 12.3. The Balaban J connectivity index is 1.57. The first-order valence-electron chi connectivity index (χ1n) is 9.56. The lowest BCUT2D eigenvalue weighted by atomic mass is 10.0. The minimum Gasteiger partial charge on any atom is -0.379 e. The second-order valence-electron chi connectivity index (χ2n) is 6.78. The van der Waals surface area contributed by atoms with Gasteiger partial charge in [0.05, 0.1) is 19.3 Å². The lowest BCUT2D eigenvalue weighted by Gasteiger charge is -2.35. The van der Waals surface area contributed by atoms with E-state index < -0.39 is 0 Å². The third kappa shape index (κ3) is 5.64. The molecule has 0 spiro atoms. The number of nitrogens with zero attached hydrogens (tertiary/aromatic N) is 1. The van der Waals surface area contributed by atoms with E-state index in [0.29, 0.717) is 30.3 Å². The average molecular weight is 401 g/mol. The van der Waals surface area contributed by atoms with Gasteiger partial charge in [-0.15, -0.1) is 0 Å². The fourth-order valence-electron chi connectivity index (χ4n) is 3.36.